The summed E-state index contributed by atoms with van der Waals surface area (Å²) in [6.45, 7) is 2.75. The van der Waals surface area contributed by atoms with E-state index in [1.165, 1.54) is 12.1 Å². The second-order valence-corrected chi connectivity index (χ2v) is 5.93. The SMILES string of the molecule is CN(C/C=C/c1ccc([N+](=O)[O-])cc1)Cc1ccc2c(c1)OCCO2. The molecule has 2 aromatic rings. The van der Waals surface area contributed by atoms with E-state index in [4.69, 9.17) is 9.47 Å². The van der Waals surface area contributed by atoms with Crippen LogP contribution in [0.15, 0.2) is 48.5 Å². The topological polar surface area (TPSA) is 64.8 Å². The fraction of sp³-hybridized carbons (Fsp3) is 0.263. The van der Waals surface area contributed by atoms with Gasteiger partial charge in [-0.2, -0.15) is 0 Å². The van der Waals surface area contributed by atoms with Crippen LogP contribution in [0.1, 0.15) is 11.1 Å². The number of nitro benzene ring substituents is 1. The Hall–Kier alpha value is -2.86. The summed E-state index contributed by atoms with van der Waals surface area (Å²) < 4.78 is 11.1. The summed E-state index contributed by atoms with van der Waals surface area (Å²) in [5.74, 6) is 1.61. The number of fused-ring (bicyclic) bond motifs is 1. The molecule has 0 N–H and O–H groups in total. The van der Waals surface area contributed by atoms with Crippen LogP contribution in [0.5, 0.6) is 11.5 Å². The van der Waals surface area contributed by atoms with Crippen LogP contribution in [0.25, 0.3) is 6.08 Å². The van der Waals surface area contributed by atoms with E-state index in [9.17, 15) is 10.1 Å². The molecule has 0 fully saturated rings. The molecule has 0 saturated carbocycles. The van der Waals surface area contributed by atoms with Gasteiger partial charge in [-0.1, -0.05) is 18.2 Å². The average Bonchev–Trinajstić information content (AvgIpc) is 2.62. The molecule has 0 atom stereocenters. The molecule has 130 valence electrons. The number of nitro groups is 1. The van der Waals surface area contributed by atoms with E-state index in [1.54, 1.807) is 12.1 Å². The zero-order valence-electron chi connectivity index (χ0n) is 14.1. The third-order valence-electron chi connectivity index (χ3n) is 3.89. The summed E-state index contributed by atoms with van der Waals surface area (Å²) in [4.78, 5) is 12.4. The Bertz CT molecular complexity index is 771. The van der Waals surface area contributed by atoms with E-state index in [0.29, 0.717) is 13.2 Å². The van der Waals surface area contributed by atoms with Crippen LogP contribution in [-0.2, 0) is 6.54 Å². The fourth-order valence-corrected chi connectivity index (χ4v) is 2.64. The predicted molar refractivity (Wildman–Crippen MR) is 95.9 cm³/mol. The maximum atomic E-state index is 10.6. The standard InChI is InChI=1S/C19H20N2O4/c1-20(10-2-3-15-4-7-17(8-5-15)21(22)23)14-16-6-9-18-19(13-16)25-12-11-24-18/h2-9,13H,10-12,14H2,1H3/b3-2+. The first-order valence-electron chi connectivity index (χ1n) is 8.10. The van der Waals surface area contributed by atoms with Gasteiger partial charge in [0.25, 0.3) is 5.69 Å². The molecule has 0 aliphatic carbocycles. The first-order valence-corrected chi connectivity index (χ1v) is 8.10. The lowest BCUT2D eigenvalue weighted by atomic mass is 10.1. The molecule has 25 heavy (non-hydrogen) atoms. The van der Waals surface area contributed by atoms with Gasteiger partial charge in [0.2, 0.25) is 0 Å². The van der Waals surface area contributed by atoms with Crippen molar-refractivity contribution in [2.75, 3.05) is 26.8 Å². The molecule has 6 nitrogen and oxygen atoms in total. The lowest BCUT2D eigenvalue weighted by molar-refractivity contribution is -0.384. The van der Waals surface area contributed by atoms with E-state index in [2.05, 4.69) is 4.90 Å². The first-order chi connectivity index (χ1) is 12.1. The number of likely N-dealkylation sites (N-methyl/N-ethyl adjacent to an activating group) is 1. The molecule has 0 unspecified atom stereocenters. The van der Waals surface area contributed by atoms with Gasteiger partial charge in [0.1, 0.15) is 13.2 Å². The number of nitrogens with zero attached hydrogens (tertiary/aromatic N) is 2. The van der Waals surface area contributed by atoms with Gasteiger partial charge in [0, 0.05) is 25.2 Å². The van der Waals surface area contributed by atoms with Crippen molar-refractivity contribution in [2.24, 2.45) is 0 Å². The van der Waals surface area contributed by atoms with E-state index in [0.717, 1.165) is 35.7 Å². The monoisotopic (exact) mass is 340 g/mol. The summed E-state index contributed by atoms with van der Waals surface area (Å²) in [5, 5.41) is 10.6. The Balaban J connectivity index is 1.53. The molecule has 1 heterocycles. The molecule has 1 aliphatic heterocycles. The van der Waals surface area contributed by atoms with Gasteiger partial charge in [0.05, 0.1) is 4.92 Å². The van der Waals surface area contributed by atoms with Crippen LogP contribution >= 0.6 is 0 Å². The van der Waals surface area contributed by atoms with Crippen LogP contribution in [0.2, 0.25) is 0 Å². The van der Waals surface area contributed by atoms with E-state index in [-0.39, 0.29) is 5.69 Å². The number of rotatable bonds is 6. The summed E-state index contributed by atoms with van der Waals surface area (Å²) in [6, 6.07) is 12.5. The zero-order chi connectivity index (χ0) is 17.6. The van der Waals surface area contributed by atoms with Gasteiger partial charge in [-0.25, -0.2) is 0 Å². The fourth-order valence-electron chi connectivity index (χ4n) is 2.64. The number of hydrogen-bond acceptors (Lipinski definition) is 5. The average molecular weight is 340 g/mol. The lowest BCUT2D eigenvalue weighted by Crippen LogP contribution is -2.19. The van der Waals surface area contributed by atoms with Crippen LogP contribution in [0.3, 0.4) is 0 Å². The molecule has 3 rings (SSSR count). The lowest BCUT2D eigenvalue weighted by Gasteiger charge is -2.20. The highest BCUT2D eigenvalue weighted by molar-refractivity contribution is 5.51. The molecule has 0 radical (unpaired) electrons. The Kier molecular flexibility index (Phi) is 5.30. The van der Waals surface area contributed by atoms with Crippen molar-refractivity contribution in [3.05, 3.63) is 69.8 Å². The molecule has 2 aromatic carbocycles. The van der Waals surface area contributed by atoms with Crippen molar-refractivity contribution in [1.82, 2.24) is 4.90 Å². The quantitative estimate of drug-likeness (QED) is 0.595. The Morgan fingerprint density at radius 1 is 1.12 bits per heavy atom. The van der Waals surface area contributed by atoms with Gasteiger partial charge in [-0.05, 0) is 42.4 Å². The van der Waals surface area contributed by atoms with Crippen molar-refractivity contribution in [3.63, 3.8) is 0 Å². The maximum absolute atomic E-state index is 10.6. The smallest absolute Gasteiger partial charge is 0.269 e. The molecule has 0 bridgehead atoms. The number of ether oxygens (including phenoxy) is 2. The molecule has 0 spiro atoms. The van der Waals surface area contributed by atoms with E-state index >= 15 is 0 Å². The van der Waals surface area contributed by atoms with E-state index in [1.807, 2.05) is 37.4 Å². The van der Waals surface area contributed by atoms with Crippen LogP contribution in [-0.4, -0.2) is 36.6 Å². The first kappa shape index (κ1) is 17.0. The molecule has 6 heteroatoms. The molecule has 0 amide bonds. The highest BCUT2D eigenvalue weighted by Crippen LogP contribution is 2.31. The molecular weight excluding hydrogens is 320 g/mol. The third kappa shape index (κ3) is 4.58. The largest absolute Gasteiger partial charge is 0.486 e. The second-order valence-electron chi connectivity index (χ2n) is 5.93. The number of benzene rings is 2. The Morgan fingerprint density at radius 2 is 1.84 bits per heavy atom. The number of hydrogen-bond donors (Lipinski definition) is 0. The minimum atomic E-state index is -0.394. The minimum absolute atomic E-state index is 0.105. The summed E-state index contributed by atoms with van der Waals surface area (Å²) >= 11 is 0. The van der Waals surface area contributed by atoms with Crippen LogP contribution in [0.4, 0.5) is 5.69 Å². The Morgan fingerprint density at radius 3 is 2.56 bits per heavy atom. The van der Waals surface area contributed by atoms with E-state index < -0.39 is 4.92 Å². The van der Waals surface area contributed by atoms with Gasteiger partial charge in [0.15, 0.2) is 11.5 Å². The minimum Gasteiger partial charge on any atom is -0.486 e. The van der Waals surface area contributed by atoms with Gasteiger partial charge in [-0.3, -0.25) is 15.0 Å². The van der Waals surface area contributed by atoms with Crippen molar-refractivity contribution in [1.29, 1.82) is 0 Å². The summed E-state index contributed by atoms with van der Waals surface area (Å²) in [6.07, 6.45) is 4.00. The summed E-state index contributed by atoms with van der Waals surface area (Å²) in [7, 11) is 2.04. The van der Waals surface area contributed by atoms with Crippen molar-refractivity contribution in [2.45, 2.75) is 6.54 Å². The van der Waals surface area contributed by atoms with Crippen molar-refractivity contribution in [3.8, 4) is 11.5 Å². The second kappa shape index (κ2) is 7.81. The van der Waals surface area contributed by atoms with Crippen LogP contribution in [0, 0.1) is 10.1 Å². The zero-order valence-corrected chi connectivity index (χ0v) is 14.1. The van der Waals surface area contributed by atoms with Gasteiger partial charge < -0.3 is 9.47 Å². The predicted octanol–water partition coefficient (Wildman–Crippen LogP) is 3.51. The van der Waals surface area contributed by atoms with Crippen molar-refractivity contribution < 1.29 is 14.4 Å². The highest BCUT2D eigenvalue weighted by Gasteiger charge is 2.12. The maximum Gasteiger partial charge on any atom is 0.269 e. The molecular formula is C19H20N2O4. The Labute approximate surface area is 146 Å². The normalized spacial score (nSPS) is 13.4. The molecule has 0 aromatic heterocycles. The van der Waals surface area contributed by atoms with Crippen LogP contribution < -0.4 is 9.47 Å². The van der Waals surface area contributed by atoms with Gasteiger partial charge >= 0.3 is 0 Å². The van der Waals surface area contributed by atoms with Crippen molar-refractivity contribution >= 4 is 11.8 Å². The third-order valence-corrected chi connectivity index (χ3v) is 3.89. The van der Waals surface area contributed by atoms with Gasteiger partial charge in [-0.15, -0.1) is 0 Å². The molecule has 0 saturated heterocycles. The highest BCUT2D eigenvalue weighted by atomic mass is 16.6. The number of non-ortho nitro benzene ring substituents is 1. The summed E-state index contributed by atoms with van der Waals surface area (Å²) in [5.41, 5.74) is 2.21. The molecule has 1 aliphatic rings.